The van der Waals surface area contributed by atoms with Gasteiger partial charge in [-0.15, -0.1) is 0 Å². The summed E-state index contributed by atoms with van der Waals surface area (Å²) >= 11 is 5.15. The van der Waals surface area contributed by atoms with Crippen molar-refractivity contribution in [3.05, 3.63) is 40.4 Å². The number of aryl methyl sites for hydroxylation is 1. The minimum absolute atomic E-state index is 0.0439. The number of nitrogens with zero attached hydrogens (tertiary/aromatic N) is 2. The summed E-state index contributed by atoms with van der Waals surface area (Å²) in [5.41, 5.74) is 0.663. The topological polar surface area (TPSA) is 71.9 Å². The molecule has 2 rings (SSSR count). The highest BCUT2D eigenvalue weighted by Gasteiger charge is 2.14. The lowest BCUT2D eigenvalue weighted by molar-refractivity contribution is -0.122. The molecular formula is C16H20F2N4O2S. The Kier molecular flexibility index (Phi) is 6.63. The van der Waals surface area contributed by atoms with Crippen molar-refractivity contribution in [2.24, 2.45) is 0 Å². The zero-order valence-corrected chi connectivity index (χ0v) is 14.8. The van der Waals surface area contributed by atoms with E-state index >= 15 is 0 Å². The van der Waals surface area contributed by atoms with Crippen LogP contribution in [-0.2, 0) is 17.8 Å². The van der Waals surface area contributed by atoms with Crippen LogP contribution < -0.4 is 10.1 Å². The fraction of sp³-hybridized carbons (Fsp3) is 0.438. The van der Waals surface area contributed by atoms with Crippen molar-refractivity contribution in [1.29, 1.82) is 0 Å². The van der Waals surface area contributed by atoms with Crippen LogP contribution in [0.15, 0.2) is 24.3 Å². The molecule has 25 heavy (non-hydrogen) atoms. The summed E-state index contributed by atoms with van der Waals surface area (Å²) in [5, 5.41) is 9.62. The van der Waals surface area contributed by atoms with Crippen molar-refractivity contribution in [3.63, 3.8) is 0 Å². The average molecular weight is 370 g/mol. The molecule has 0 aliphatic rings. The first-order chi connectivity index (χ1) is 11.9. The van der Waals surface area contributed by atoms with E-state index in [4.69, 9.17) is 12.2 Å². The Morgan fingerprint density at radius 2 is 2.24 bits per heavy atom. The number of halogens is 2. The molecule has 0 bridgehead atoms. The van der Waals surface area contributed by atoms with E-state index < -0.39 is 6.61 Å². The molecule has 1 aromatic carbocycles. The number of alkyl halides is 2. The minimum atomic E-state index is -2.89. The first kappa shape index (κ1) is 19.0. The molecular weight excluding hydrogens is 350 g/mol. The van der Waals surface area contributed by atoms with Gasteiger partial charge in [0.2, 0.25) is 5.91 Å². The predicted octanol–water partition coefficient (Wildman–Crippen LogP) is 3.37. The Labute approximate surface area is 149 Å². The van der Waals surface area contributed by atoms with Gasteiger partial charge in [0.15, 0.2) is 4.77 Å². The number of hydrogen-bond donors (Lipinski definition) is 2. The summed E-state index contributed by atoms with van der Waals surface area (Å²) in [6, 6.07) is 5.87. The van der Waals surface area contributed by atoms with E-state index in [0.717, 1.165) is 12.2 Å². The van der Waals surface area contributed by atoms with Crippen LogP contribution >= 0.6 is 12.2 Å². The SMILES string of the molecule is CCCc1n[nH]c(=S)n1CC(=O)NC(C)c1cccc(OC(F)F)c1. The van der Waals surface area contributed by atoms with Gasteiger partial charge in [0.05, 0.1) is 6.04 Å². The number of amides is 1. The van der Waals surface area contributed by atoms with E-state index in [1.54, 1.807) is 23.6 Å². The maximum absolute atomic E-state index is 12.3. The smallest absolute Gasteiger partial charge is 0.387 e. The maximum Gasteiger partial charge on any atom is 0.387 e. The second kappa shape index (κ2) is 8.70. The molecule has 0 aliphatic heterocycles. The van der Waals surface area contributed by atoms with Crippen LogP contribution in [0.25, 0.3) is 0 Å². The number of nitrogens with one attached hydrogen (secondary N) is 2. The van der Waals surface area contributed by atoms with Gasteiger partial charge in [-0.2, -0.15) is 13.9 Å². The third-order valence-corrected chi connectivity index (χ3v) is 3.89. The zero-order chi connectivity index (χ0) is 18.4. The molecule has 1 aromatic heterocycles. The summed E-state index contributed by atoms with van der Waals surface area (Å²) in [4.78, 5) is 12.3. The van der Waals surface area contributed by atoms with Gasteiger partial charge < -0.3 is 10.1 Å². The molecule has 0 fully saturated rings. The molecule has 6 nitrogen and oxygen atoms in total. The fourth-order valence-electron chi connectivity index (χ4n) is 2.40. The summed E-state index contributed by atoms with van der Waals surface area (Å²) in [7, 11) is 0. The van der Waals surface area contributed by atoms with Gasteiger partial charge in [0.1, 0.15) is 18.1 Å². The molecule has 9 heteroatoms. The molecule has 2 N–H and O–H groups in total. The summed E-state index contributed by atoms with van der Waals surface area (Å²) in [6.07, 6.45) is 1.59. The largest absolute Gasteiger partial charge is 0.435 e. The van der Waals surface area contributed by atoms with Gasteiger partial charge in [-0.05, 0) is 43.3 Å². The monoisotopic (exact) mass is 370 g/mol. The van der Waals surface area contributed by atoms with Crippen LogP contribution in [-0.4, -0.2) is 27.3 Å². The Morgan fingerprint density at radius 1 is 1.48 bits per heavy atom. The number of ether oxygens (including phenoxy) is 1. The lowest BCUT2D eigenvalue weighted by atomic mass is 10.1. The highest BCUT2D eigenvalue weighted by molar-refractivity contribution is 7.71. The molecule has 0 saturated heterocycles. The number of benzene rings is 1. The van der Waals surface area contributed by atoms with Gasteiger partial charge in [-0.25, -0.2) is 0 Å². The standard InChI is InChI=1S/C16H20F2N4O2S/c1-3-5-13-20-21-16(25)22(13)9-14(23)19-10(2)11-6-4-7-12(8-11)24-15(17)18/h4,6-8,10,15H,3,5,9H2,1-2H3,(H,19,23)(H,21,25). The van der Waals surface area contributed by atoms with Gasteiger partial charge in [0.25, 0.3) is 0 Å². The van der Waals surface area contributed by atoms with Crippen molar-refractivity contribution in [1.82, 2.24) is 20.1 Å². The number of carbonyl (C=O) groups is 1. The zero-order valence-electron chi connectivity index (χ0n) is 14.0. The Morgan fingerprint density at radius 3 is 2.92 bits per heavy atom. The number of rotatable bonds is 8. The molecule has 0 radical (unpaired) electrons. The van der Waals surface area contributed by atoms with Crippen LogP contribution in [0.1, 0.15) is 37.7 Å². The summed E-state index contributed by atoms with van der Waals surface area (Å²) < 4.78 is 31.0. The van der Waals surface area contributed by atoms with Gasteiger partial charge in [0, 0.05) is 6.42 Å². The normalized spacial score (nSPS) is 12.2. The molecule has 1 unspecified atom stereocenters. The Hall–Kier alpha value is -2.29. The van der Waals surface area contributed by atoms with Crippen LogP contribution in [0.5, 0.6) is 5.75 Å². The van der Waals surface area contributed by atoms with Gasteiger partial charge in [-0.1, -0.05) is 19.1 Å². The highest BCUT2D eigenvalue weighted by Crippen LogP contribution is 2.20. The number of aromatic amines is 1. The number of hydrogen-bond acceptors (Lipinski definition) is 4. The second-order valence-electron chi connectivity index (χ2n) is 5.52. The second-order valence-corrected chi connectivity index (χ2v) is 5.91. The molecule has 2 aromatic rings. The average Bonchev–Trinajstić information content (AvgIpc) is 2.88. The molecule has 136 valence electrons. The van der Waals surface area contributed by atoms with Crippen molar-refractivity contribution >= 4 is 18.1 Å². The fourth-order valence-corrected chi connectivity index (χ4v) is 2.62. The van der Waals surface area contributed by atoms with Crippen LogP contribution in [0.3, 0.4) is 0 Å². The Balaban J connectivity index is 2.03. The molecule has 1 atom stereocenters. The number of aromatic nitrogens is 3. The van der Waals surface area contributed by atoms with E-state index in [9.17, 15) is 13.6 Å². The third-order valence-electron chi connectivity index (χ3n) is 3.57. The lowest BCUT2D eigenvalue weighted by Gasteiger charge is -2.16. The molecule has 1 amide bonds. The molecule has 0 saturated carbocycles. The molecule has 0 spiro atoms. The van der Waals surface area contributed by atoms with E-state index in [2.05, 4.69) is 20.3 Å². The number of carbonyl (C=O) groups excluding carboxylic acids is 1. The summed E-state index contributed by atoms with van der Waals surface area (Å²) in [6.45, 7) is 0.933. The Bertz CT molecular complexity index is 775. The van der Waals surface area contributed by atoms with Gasteiger partial charge in [-0.3, -0.25) is 14.5 Å². The van der Waals surface area contributed by atoms with Crippen molar-refractivity contribution in [3.8, 4) is 5.75 Å². The van der Waals surface area contributed by atoms with E-state index in [0.29, 0.717) is 16.8 Å². The number of H-pyrrole nitrogens is 1. The minimum Gasteiger partial charge on any atom is -0.435 e. The first-order valence-electron chi connectivity index (χ1n) is 7.89. The maximum atomic E-state index is 12.3. The van der Waals surface area contributed by atoms with Crippen LogP contribution in [0.4, 0.5) is 8.78 Å². The van der Waals surface area contributed by atoms with E-state index in [-0.39, 0.29) is 24.2 Å². The van der Waals surface area contributed by atoms with Gasteiger partial charge >= 0.3 is 6.61 Å². The van der Waals surface area contributed by atoms with Crippen molar-refractivity contribution in [2.75, 3.05) is 0 Å². The highest BCUT2D eigenvalue weighted by atomic mass is 32.1. The van der Waals surface area contributed by atoms with Crippen molar-refractivity contribution < 1.29 is 18.3 Å². The van der Waals surface area contributed by atoms with Crippen molar-refractivity contribution in [2.45, 2.75) is 45.9 Å². The van der Waals surface area contributed by atoms with Crippen LogP contribution in [0.2, 0.25) is 0 Å². The quantitative estimate of drug-likeness (QED) is 0.699. The molecule has 1 heterocycles. The van der Waals surface area contributed by atoms with E-state index in [1.165, 1.54) is 12.1 Å². The third kappa shape index (κ3) is 5.35. The molecule has 0 aliphatic carbocycles. The van der Waals surface area contributed by atoms with Crippen LogP contribution in [0, 0.1) is 4.77 Å². The first-order valence-corrected chi connectivity index (χ1v) is 8.29. The van der Waals surface area contributed by atoms with E-state index in [1.807, 2.05) is 6.92 Å². The summed E-state index contributed by atoms with van der Waals surface area (Å²) in [5.74, 6) is 0.529. The lowest BCUT2D eigenvalue weighted by Crippen LogP contribution is -2.30. The predicted molar refractivity (Wildman–Crippen MR) is 91.0 cm³/mol.